The Morgan fingerprint density at radius 3 is 2.57 bits per heavy atom. The van der Waals surface area contributed by atoms with Crippen molar-refractivity contribution in [3.05, 3.63) is 33.9 Å². The maximum Gasteiger partial charge on any atom is 0.270 e. The van der Waals surface area contributed by atoms with Gasteiger partial charge in [0.15, 0.2) is 0 Å². The minimum atomic E-state index is -0.549. The van der Waals surface area contributed by atoms with Crippen LogP contribution in [0.2, 0.25) is 0 Å². The highest BCUT2D eigenvalue weighted by Gasteiger charge is 2.21. The van der Waals surface area contributed by atoms with Crippen LogP contribution in [0.1, 0.15) is 24.2 Å². The van der Waals surface area contributed by atoms with Crippen molar-refractivity contribution in [3.63, 3.8) is 0 Å². The van der Waals surface area contributed by atoms with E-state index in [1.54, 1.807) is 0 Å². The molecule has 1 amide bonds. The maximum atomic E-state index is 12.1. The predicted octanol–water partition coefficient (Wildman–Crippen LogP) is 1.49. The molecule has 0 spiro atoms. The normalized spacial score (nSPS) is 11.5. The summed E-state index contributed by atoms with van der Waals surface area (Å²) in [5.74, 6) is -0.400. The Morgan fingerprint density at radius 1 is 1.43 bits per heavy atom. The number of nitrogens with one attached hydrogen (secondary N) is 1. The molecule has 0 atom stereocenters. The highest BCUT2D eigenvalue weighted by atomic mass is 16.6. The van der Waals surface area contributed by atoms with E-state index >= 15 is 0 Å². The first-order valence-electron chi connectivity index (χ1n) is 6.59. The van der Waals surface area contributed by atoms with Gasteiger partial charge < -0.3 is 16.0 Å². The maximum absolute atomic E-state index is 12.1. The first-order valence-corrected chi connectivity index (χ1v) is 6.59. The van der Waals surface area contributed by atoms with Gasteiger partial charge in [0.05, 0.1) is 10.5 Å². The van der Waals surface area contributed by atoms with Crippen LogP contribution in [0.4, 0.5) is 11.4 Å². The Bertz CT molecular complexity index is 541. The lowest BCUT2D eigenvalue weighted by atomic mass is 9.93. The Morgan fingerprint density at radius 2 is 2.05 bits per heavy atom. The molecule has 0 aliphatic heterocycles. The molecule has 0 aliphatic rings. The molecule has 1 aromatic rings. The molecule has 1 rings (SSSR count). The minimum absolute atomic E-state index is 0.116. The Labute approximate surface area is 124 Å². The lowest BCUT2D eigenvalue weighted by molar-refractivity contribution is -0.384. The fourth-order valence-corrected chi connectivity index (χ4v) is 2.18. The summed E-state index contributed by atoms with van der Waals surface area (Å²) >= 11 is 0. The molecule has 7 heteroatoms. The van der Waals surface area contributed by atoms with E-state index in [1.165, 1.54) is 18.2 Å². The third-order valence-electron chi connectivity index (χ3n) is 2.96. The van der Waals surface area contributed by atoms with Crippen molar-refractivity contribution in [3.8, 4) is 0 Å². The van der Waals surface area contributed by atoms with Gasteiger partial charge in [0.2, 0.25) is 0 Å². The fraction of sp³-hybridized carbons (Fsp3) is 0.500. The van der Waals surface area contributed by atoms with Gasteiger partial charge in [-0.2, -0.15) is 0 Å². The number of rotatable bonds is 6. The Hall–Kier alpha value is -2.15. The third-order valence-corrected chi connectivity index (χ3v) is 2.96. The lowest BCUT2D eigenvalue weighted by Gasteiger charge is -2.28. The molecule has 0 aromatic heterocycles. The van der Waals surface area contributed by atoms with Crippen LogP contribution in [0.15, 0.2) is 18.2 Å². The van der Waals surface area contributed by atoms with Crippen LogP contribution < -0.4 is 11.1 Å². The van der Waals surface area contributed by atoms with Gasteiger partial charge in [0, 0.05) is 30.9 Å². The summed E-state index contributed by atoms with van der Waals surface area (Å²) in [6.07, 6.45) is 0. The minimum Gasteiger partial charge on any atom is -0.398 e. The zero-order valence-electron chi connectivity index (χ0n) is 12.8. The van der Waals surface area contributed by atoms with Gasteiger partial charge in [-0.05, 0) is 25.6 Å². The van der Waals surface area contributed by atoms with Crippen molar-refractivity contribution in [2.45, 2.75) is 13.8 Å². The zero-order valence-corrected chi connectivity index (χ0v) is 12.8. The molecule has 21 heavy (non-hydrogen) atoms. The summed E-state index contributed by atoms with van der Waals surface area (Å²) in [4.78, 5) is 24.4. The Balaban J connectivity index is 2.80. The van der Waals surface area contributed by atoms with E-state index in [0.29, 0.717) is 6.54 Å². The number of nitrogen functional groups attached to an aromatic ring is 1. The first-order chi connectivity index (χ1) is 9.62. The summed E-state index contributed by atoms with van der Waals surface area (Å²) in [6.45, 7) is 5.32. The van der Waals surface area contributed by atoms with Crippen LogP contribution >= 0.6 is 0 Å². The number of benzene rings is 1. The SMILES string of the molecule is CN(C)CC(C)(C)CNC(=O)c1cc([N+](=O)[O-])ccc1N. The van der Waals surface area contributed by atoms with E-state index in [2.05, 4.69) is 5.32 Å². The van der Waals surface area contributed by atoms with E-state index < -0.39 is 10.8 Å². The van der Waals surface area contributed by atoms with Crippen molar-refractivity contribution < 1.29 is 9.72 Å². The average molecular weight is 294 g/mol. The van der Waals surface area contributed by atoms with Gasteiger partial charge in [-0.3, -0.25) is 14.9 Å². The summed E-state index contributed by atoms with van der Waals surface area (Å²) in [7, 11) is 3.92. The van der Waals surface area contributed by atoms with Gasteiger partial charge in [0.25, 0.3) is 11.6 Å². The number of anilines is 1. The summed E-state index contributed by atoms with van der Waals surface area (Å²) in [5, 5.41) is 13.5. The Kier molecular flexibility index (Phi) is 5.26. The molecule has 0 heterocycles. The van der Waals surface area contributed by atoms with Crippen LogP contribution in [0.3, 0.4) is 0 Å². The number of nitro benzene ring substituents is 1. The zero-order chi connectivity index (χ0) is 16.2. The van der Waals surface area contributed by atoms with E-state index in [0.717, 1.165) is 6.54 Å². The highest BCUT2D eigenvalue weighted by molar-refractivity contribution is 5.99. The van der Waals surface area contributed by atoms with Gasteiger partial charge in [0.1, 0.15) is 0 Å². The van der Waals surface area contributed by atoms with E-state index in [-0.39, 0.29) is 22.4 Å². The smallest absolute Gasteiger partial charge is 0.270 e. The first kappa shape index (κ1) is 16.9. The number of hydrogen-bond acceptors (Lipinski definition) is 5. The lowest BCUT2D eigenvalue weighted by Crippen LogP contribution is -2.40. The molecular formula is C14H22N4O3. The molecule has 0 aliphatic carbocycles. The molecule has 0 fully saturated rings. The molecule has 0 radical (unpaired) electrons. The van der Waals surface area contributed by atoms with E-state index in [9.17, 15) is 14.9 Å². The van der Waals surface area contributed by atoms with Crippen LogP contribution in [0.5, 0.6) is 0 Å². The molecule has 0 saturated carbocycles. The van der Waals surface area contributed by atoms with E-state index in [4.69, 9.17) is 5.73 Å². The van der Waals surface area contributed by atoms with Crippen molar-refractivity contribution in [2.75, 3.05) is 32.9 Å². The van der Waals surface area contributed by atoms with Crippen molar-refractivity contribution >= 4 is 17.3 Å². The van der Waals surface area contributed by atoms with Gasteiger partial charge >= 0.3 is 0 Å². The van der Waals surface area contributed by atoms with Gasteiger partial charge in [-0.1, -0.05) is 13.8 Å². The second kappa shape index (κ2) is 6.53. The number of carbonyl (C=O) groups is 1. The summed E-state index contributed by atoms with van der Waals surface area (Å²) in [5.41, 5.74) is 5.81. The number of nitrogens with two attached hydrogens (primary N) is 1. The number of nitro groups is 1. The largest absolute Gasteiger partial charge is 0.398 e. The standard InChI is InChI=1S/C14H22N4O3/c1-14(2,9-17(3)4)8-16-13(19)11-7-10(18(20)21)5-6-12(11)15/h5-7H,8-9,15H2,1-4H3,(H,16,19). The average Bonchev–Trinajstić information content (AvgIpc) is 2.34. The molecular weight excluding hydrogens is 272 g/mol. The topological polar surface area (TPSA) is 102 Å². The number of nitrogens with zero attached hydrogens (tertiary/aromatic N) is 2. The predicted molar refractivity (Wildman–Crippen MR) is 82.2 cm³/mol. The number of non-ortho nitro benzene ring substituents is 1. The molecule has 0 unspecified atom stereocenters. The van der Waals surface area contributed by atoms with Gasteiger partial charge in [-0.15, -0.1) is 0 Å². The third kappa shape index (κ3) is 5.03. The molecule has 1 aromatic carbocycles. The number of carbonyl (C=O) groups excluding carboxylic acids is 1. The fourth-order valence-electron chi connectivity index (χ4n) is 2.18. The molecule has 0 bridgehead atoms. The molecule has 0 saturated heterocycles. The van der Waals surface area contributed by atoms with Crippen LogP contribution in [0, 0.1) is 15.5 Å². The van der Waals surface area contributed by atoms with Crippen LogP contribution in [0.25, 0.3) is 0 Å². The van der Waals surface area contributed by atoms with Crippen molar-refractivity contribution in [1.82, 2.24) is 10.2 Å². The van der Waals surface area contributed by atoms with Gasteiger partial charge in [-0.25, -0.2) is 0 Å². The summed E-state index contributed by atoms with van der Waals surface area (Å²) in [6, 6.07) is 3.85. The molecule has 116 valence electrons. The van der Waals surface area contributed by atoms with Crippen LogP contribution in [-0.2, 0) is 0 Å². The molecule has 7 nitrogen and oxygen atoms in total. The second-order valence-corrected chi connectivity index (χ2v) is 6.11. The van der Waals surface area contributed by atoms with Crippen molar-refractivity contribution in [2.24, 2.45) is 5.41 Å². The monoisotopic (exact) mass is 294 g/mol. The van der Waals surface area contributed by atoms with E-state index in [1.807, 2.05) is 32.8 Å². The quantitative estimate of drug-likeness (QED) is 0.470. The highest BCUT2D eigenvalue weighted by Crippen LogP contribution is 2.20. The summed E-state index contributed by atoms with van der Waals surface area (Å²) < 4.78 is 0. The van der Waals surface area contributed by atoms with Crippen molar-refractivity contribution in [1.29, 1.82) is 0 Å². The number of amides is 1. The van der Waals surface area contributed by atoms with Crippen LogP contribution in [-0.4, -0.2) is 42.9 Å². The second-order valence-electron chi connectivity index (χ2n) is 6.11. The molecule has 3 N–H and O–H groups in total. The number of hydrogen-bond donors (Lipinski definition) is 2.